The molecule has 1 aromatic carbocycles. The first kappa shape index (κ1) is 38.3. The molecule has 4 rings (SSSR count). The SMILES string of the molecule is Cc1noc(C)c1S(=O)(=O)Nc1ccc2c(c1)C(=O)N([C@H](C)CO)C[C@H](C)[C@H](CN(C)S(=O)(=O)c1c(C)noc1C)OCCCC[C@H](C)O2. The number of aromatic nitrogens is 2. The van der Waals surface area contributed by atoms with Crippen molar-refractivity contribution in [1.29, 1.82) is 0 Å². The number of rotatable bonds is 9. The van der Waals surface area contributed by atoms with Crippen LogP contribution in [0.3, 0.4) is 0 Å². The minimum Gasteiger partial charge on any atom is -0.490 e. The van der Waals surface area contributed by atoms with Gasteiger partial charge in [0.05, 0.1) is 30.4 Å². The molecule has 0 aliphatic carbocycles. The molecule has 3 aromatic rings. The van der Waals surface area contributed by atoms with Crippen LogP contribution in [0.25, 0.3) is 0 Å². The van der Waals surface area contributed by atoms with Crippen LogP contribution < -0.4 is 9.46 Å². The zero-order chi connectivity index (χ0) is 36.3. The van der Waals surface area contributed by atoms with Crippen LogP contribution in [0.2, 0.25) is 0 Å². The lowest BCUT2D eigenvalue weighted by Gasteiger charge is -2.35. The molecular formula is C32H47N5O10S2. The molecule has 17 heteroatoms. The van der Waals surface area contributed by atoms with E-state index < -0.39 is 44.0 Å². The van der Waals surface area contributed by atoms with E-state index in [-0.39, 0.29) is 75.5 Å². The molecule has 1 aliphatic rings. The Morgan fingerprint density at radius 3 is 2.24 bits per heavy atom. The number of aliphatic hydroxyl groups is 1. The highest BCUT2D eigenvalue weighted by atomic mass is 32.2. The Balaban J connectivity index is 1.70. The molecular weight excluding hydrogens is 679 g/mol. The van der Waals surface area contributed by atoms with Crippen LogP contribution in [0.15, 0.2) is 37.0 Å². The van der Waals surface area contributed by atoms with Gasteiger partial charge in [-0.15, -0.1) is 0 Å². The molecule has 0 saturated carbocycles. The molecule has 1 aliphatic heterocycles. The van der Waals surface area contributed by atoms with E-state index in [0.717, 1.165) is 6.42 Å². The lowest BCUT2D eigenvalue weighted by molar-refractivity contribution is -0.00835. The summed E-state index contributed by atoms with van der Waals surface area (Å²) < 4.78 is 80.2. The summed E-state index contributed by atoms with van der Waals surface area (Å²) in [6.45, 7) is 11.6. The van der Waals surface area contributed by atoms with Gasteiger partial charge in [-0.3, -0.25) is 9.52 Å². The lowest BCUT2D eigenvalue weighted by Crippen LogP contribution is -2.48. The van der Waals surface area contributed by atoms with E-state index in [1.807, 2.05) is 13.8 Å². The minimum absolute atomic E-state index is 0.000582. The minimum atomic E-state index is -4.12. The number of nitrogens with zero attached hydrogens (tertiary/aromatic N) is 4. The summed E-state index contributed by atoms with van der Waals surface area (Å²) in [5, 5.41) is 17.8. The maximum atomic E-state index is 14.4. The number of carbonyl (C=O) groups excluding carboxylic acids is 1. The predicted molar refractivity (Wildman–Crippen MR) is 179 cm³/mol. The number of aryl methyl sites for hydroxylation is 4. The number of anilines is 1. The Bertz CT molecular complexity index is 1800. The Kier molecular flexibility index (Phi) is 12.2. The Morgan fingerprint density at radius 1 is 1.02 bits per heavy atom. The van der Waals surface area contributed by atoms with Gasteiger partial charge in [-0.25, -0.2) is 16.8 Å². The van der Waals surface area contributed by atoms with Gasteiger partial charge in [0, 0.05) is 38.3 Å². The fourth-order valence-corrected chi connectivity index (χ4v) is 8.71. The van der Waals surface area contributed by atoms with Crippen molar-refractivity contribution in [2.45, 2.75) is 95.8 Å². The Morgan fingerprint density at radius 2 is 1.65 bits per heavy atom. The molecule has 3 heterocycles. The average molecular weight is 726 g/mol. The van der Waals surface area contributed by atoms with Crippen molar-refractivity contribution in [3.05, 3.63) is 46.7 Å². The number of ether oxygens (including phenoxy) is 2. The van der Waals surface area contributed by atoms with E-state index in [4.69, 9.17) is 18.5 Å². The van der Waals surface area contributed by atoms with Crippen LogP contribution in [0.1, 0.15) is 73.3 Å². The van der Waals surface area contributed by atoms with Gasteiger partial charge in [0.15, 0.2) is 16.4 Å². The molecule has 49 heavy (non-hydrogen) atoms. The van der Waals surface area contributed by atoms with Gasteiger partial charge < -0.3 is 28.5 Å². The largest absolute Gasteiger partial charge is 0.490 e. The Hall–Kier alpha value is -3.51. The number of benzene rings is 1. The predicted octanol–water partition coefficient (Wildman–Crippen LogP) is 3.81. The smallest absolute Gasteiger partial charge is 0.267 e. The third-order valence-corrected chi connectivity index (χ3v) is 12.3. The van der Waals surface area contributed by atoms with Crippen LogP contribution >= 0.6 is 0 Å². The zero-order valence-electron chi connectivity index (χ0n) is 29.2. The first-order valence-corrected chi connectivity index (χ1v) is 19.1. The van der Waals surface area contributed by atoms with Crippen LogP contribution in [-0.4, -0.2) is 99.0 Å². The zero-order valence-corrected chi connectivity index (χ0v) is 30.9. The molecule has 0 spiro atoms. The van der Waals surface area contributed by atoms with Gasteiger partial charge in [0.1, 0.15) is 22.0 Å². The summed E-state index contributed by atoms with van der Waals surface area (Å²) in [5.74, 6) is -0.360. The molecule has 0 saturated heterocycles. The van der Waals surface area contributed by atoms with E-state index in [0.29, 0.717) is 19.4 Å². The molecule has 4 atom stereocenters. The van der Waals surface area contributed by atoms with Crippen LogP contribution in [0.5, 0.6) is 5.75 Å². The number of hydrogen-bond donors (Lipinski definition) is 2. The molecule has 2 N–H and O–H groups in total. The summed E-state index contributed by atoms with van der Waals surface area (Å²) in [5.41, 5.74) is 0.643. The first-order valence-electron chi connectivity index (χ1n) is 16.2. The number of fused-ring (bicyclic) bond motifs is 1. The second-order valence-electron chi connectivity index (χ2n) is 12.7. The van der Waals surface area contributed by atoms with Crippen molar-refractivity contribution in [2.24, 2.45) is 5.92 Å². The van der Waals surface area contributed by atoms with Crippen molar-refractivity contribution in [3.8, 4) is 5.75 Å². The van der Waals surface area contributed by atoms with E-state index in [9.17, 15) is 26.7 Å². The highest BCUT2D eigenvalue weighted by molar-refractivity contribution is 7.92. The van der Waals surface area contributed by atoms with Gasteiger partial charge in [-0.2, -0.15) is 4.31 Å². The molecule has 15 nitrogen and oxygen atoms in total. The number of nitrogens with one attached hydrogen (secondary N) is 1. The molecule has 0 bridgehead atoms. The van der Waals surface area contributed by atoms with Gasteiger partial charge in [-0.05, 0) is 79.0 Å². The maximum absolute atomic E-state index is 14.4. The number of sulfonamides is 2. The fourth-order valence-electron chi connectivity index (χ4n) is 5.86. The monoisotopic (exact) mass is 725 g/mol. The van der Waals surface area contributed by atoms with Crippen molar-refractivity contribution in [2.75, 3.05) is 38.1 Å². The number of amides is 1. The number of hydrogen-bond acceptors (Lipinski definition) is 12. The molecule has 0 radical (unpaired) electrons. The summed E-state index contributed by atoms with van der Waals surface area (Å²) >= 11 is 0. The third kappa shape index (κ3) is 8.63. The summed E-state index contributed by atoms with van der Waals surface area (Å²) in [7, 11) is -6.64. The quantitative estimate of drug-likeness (QED) is 0.324. The van der Waals surface area contributed by atoms with Crippen molar-refractivity contribution in [1.82, 2.24) is 19.5 Å². The van der Waals surface area contributed by atoms with E-state index in [1.54, 1.807) is 19.9 Å². The highest BCUT2D eigenvalue weighted by Gasteiger charge is 2.35. The number of carbonyl (C=O) groups is 1. The Labute approximate surface area is 288 Å². The van der Waals surface area contributed by atoms with Gasteiger partial charge in [-0.1, -0.05) is 17.2 Å². The van der Waals surface area contributed by atoms with Crippen LogP contribution in [-0.2, 0) is 24.8 Å². The van der Waals surface area contributed by atoms with Crippen molar-refractivity contribution < 1.29 is 45.3 Å². The number of aliphatic hydroxyl groups excluding tert-OH is 1. The second kappa shape index (κ2) is 15.6. The molecule has 1 amide bonds. The van der Waals surface area contributed by atoms with E-state index in [1.165, 1.54) is 49.2 Å². The summed E-state index contributed by atoms with van der Waals surface area (Å²) in [4.78, 5) is 15.8. The van der Waals surface area contributed by atoms with Crippen LogP contribution in [0.4, 0.5) is 5.69 Å². The van der Waals surface area contributed by atoms with Crippen molar-refractivity contribution in [3.63, 3.8) is 0 Å². The van der Waals surface area contributed by atoms with Crippen LogP contribution in [0, 0.1) is 33.6 Å². The first-order chi connectivity index (χ1) is 23.0. The van der Waals surface area contributed by atoms with E-state index in [2.05, 4.69) is 15.0 Å². The molecule has 0 unspecified atom stereocenters. The lowest BCUT2D eigenvalue weighted by atomic mass is 10.0. The van der Waals surface area contributed by atoms with Gasteiger partial charge in [0.25, 0.3) is 15.9 Å². The summed E-state index contributed by atoms with van der Waals surface area (Å²) in [6.07, 6.45) is 1.12. The normalized spacial score (nSPS) is 20.8. The molecule has 272 valence electrons. The second-order valence-corrected chi connectivity index (χ2v) is 16.3. The highest BCUT2D eigenvalue weighted by Crippen LogP contribution is 2.31. The third-order valence-electron chi connectivity index (χ3n) is 8.61. The maximum Gasteiger partial charge on any atom is 0.267 e. The number of likely N-dealkylation sites (N-methyl/N-ethyl adjacent to an activating group) is 1. The topological polar surface area (TPSA) is 195 Å². The fraction of sp³-hybridized carbons (Fsp3) is 0.594. The van der Waals surface area contributed by atoms with Gasteiger partial charge >= 0.3 is 0 Å². The molecule has 0 fully saturated rings. The standard InChI is InChI=1S/C32H47N5O10S2/c1-19-16-37(20(2)18-38)32(39)27-15-26(35-48(40,41)30-22(4)33-46-24(30)6)12-13-28(27)45-21(3)11-9-10-14-44-29(19)17-36(8)49(42,43)31-23(5)34-47-25(31)7/h12-13,15,19-21,29,35,38H,9-11,14,16-18H2,1-8H3/t19-,20+,21-,29-/m0/s1. The van der Waals surface area contributed by atoms with Gasteiger partial charge in [0.2, 0.25) is 10.0 Å². The summed E-state index contributed by atoms with van der Waals surface area (Å²) in [6, 6.07) is 3.80. The van der Waals surface area contributed by atoms with Crippen molar-refractivity contribution >= 4 is 31.6 Å². The molecule has 2 aromatic heterocycles. The average Bonchev–Trinajstić information content (AvgIpc) is 3.57. The van der Waals surface area contributed by atoms with E-state index >= 15 is 0 Å².